The first-order valence-corrected chi connectivity index (χ1v) is 2.16. The maximum atomic E-state index is 9.72. The van der Waals surface area contributed by atoms with Crippen LogP contribution in [0.1, 0.15) is 6.42 Å². The topological polar surface area (TPSA) is 94.8 Å². The molecule has 0 aliphatic heterocycles. The Hall–Kier alpha value is 1.42. The van der Waals surface area contributed by atoms with E-state index in [1.807, 2.05) is 0 Å². The Labute approximate surface area is 124 Å². The third-order valence-electron chi connectivity index (χ3n) is 0.653. The van der Waals surface area contributed by atoms with Crippen molar-refractivity contribution in [2.75, 3.05) is 0 Å². The summed E-state index contributed by atoms with van der Waals surface area (Å²) in [6, 6.07) is 0. The summed E-state index contributed by atoms with van der Waals surface area (Å²) in [5.74, 6) is -2.85. The van der Waals surface area contributed by atoms with E-state index in [-0.39, 0.29) is 76.2 Å². The molecule has 1 radical (unpaired) electrons. The molecule has 63 valence electrons. The van der Waals surface area contributed by atoms with Crippen molar-refractivity contribution in [3.05, 3.63) is 0 Å². The van der Waals surface area contributed by atoms with Crippen molar-refractivity contribution in [2.45, 2.75) is 12.5 Å². The van der Waals surface area contributed by atoms with Gasteiger partial charge in [0.05, 0.1) is 6.42 Å². The molecule has 0 fully saturated rings. The molecule has 0 heterocycles. The molecule has 8 heteroatoms. The minimum absolute atomic E-state index is 0. The molecular formula is C4H8MnNa2O5. The SMILES string of the molecule is O=C(O)CC(O)C(=O)O.[Mn].[NaH].[NaH]. The molecule has 5 nitrogen and oxygen atoms in total. The Morgan fingerprint density at radius 1 is 1.17 bits per heavy atom. The Morgan fingerprint density at radius 3 is 1.58 bits per heavy atom. The number of aliphatic carboxylic acids is 2. The summed E-state index contributed by atoms with van der Waals surface area (Å²) < 4.78 is 0. The third kappa shape index (κ3) is 14.0. The Kier molecular flexibility index (Phi) is 24.1. The van der Waals surface area contributed by atoms with E-state index in [1.165, 1.54) is 0 Å². The van der Waals surface area contributed by atoms with Crippen molar-refractivity contribution < 1.29 is 42.0 Å². The molecule has 0 saturated heterocycles. The first-order chi connectivity index (χ1) is 4.04. The van der Waals surface area contributed by atoms with Gasteiger partial charge >= 0.3 is 71.1 Å². The molecule has 0 aromatic rings. The number of hydrogen-bond acceptors (Lipinski definition) is 3. The van der Waals surface area contributed by atoms with Crippen LogP contribution in [-0.2, 0) is 26.7 Å². The van der Waals surface area contributed by atoms with Gasteiger partial charge in [-0.05, 0) is 0 Å². The molecular weight excluding hydrogens is 229 g/mol. The van der Waals surface area contributed by atoms with Crippen LogP contribution < -0.4 is 0 Å². The van der Waals surface area contributed by atoms with Gasteiger partial charge in [-0.15, -0.1) is 0 Å². The van der Waals surface area contributed by atoms with Gasteiger partial charge in [0.15, 0.2) is 6.10 Å². The van der Waals surface area contributed by atoms with Crippen molar-refractivity contribution >= 4 is 71.1 Å². The number of aliphatic hydroxyl groups is 1. The van der Waals surface area contributed by atoms with E-state index in [1.54, 1.807) is 0 Å². The van der Waals surface area contributed by atoms with E-state index in [2.05, 4.69) is 0 Å². The van der Waals surface area contributed by atoms with Crippen LogP contribution in [0.25, 0.3) is 0 Å². The van der Waals surface area contributed by atoms with E-state index >= 15 is 0 Å². The van der Waals surface area contributed by atoms with E-state index in [4.69, 9.17) is 15.3 Å². The molecule has 0 aromatic heterocycles. The monoisotopic (exact) mass is 237 g/mol. The predicted octanol–water partition coefficient (Wildman–Crippen LogP) is -2.39. The molecule has 0 bridgehead atoms. The molecule has 0 amide bonds. The average molecular weight is 237 g/mol. The van der Waals surface area contributed by atoms with Gasteiger partial charge < -0.3 is 15.3 Å². The summed E-state index contributed by atoms with van der Waals surface area (Å²) >= 11 is 0. The third-order valence-corrected chi connectivity index (χ3v) is 0.653. The van der Waals surface area contributed by atoms with Gasteiger partial charge in [0.1, 0.15) is 0 Å². The maximum absolute atomic E-state index is 9.72. The Bertz CT molecular complexity index is 141. The molecule has 3 N–H and O–H groups in total. The zero-order valence-electron chi connectivity index (χ0n) is 4.82. The van der Waals surface area contributed by atoms with Crippen molar-refractivity contribution in [3.63, 3.8) is 0 Å². The fourth-order valence-corrected chi connectivity index (χ4v) is 0.253. The number of carboxylic acid groups (broad SMARTS) is 2. The summed E-state index contributed by atoms with van der Waals surface area (Å²) in [7, 11) is 0. The Morgan fingerprint density at radius 2 is 1.50 bits per heavy atom. The molecule has 12 heavy (non-hydrogen) atoms. The number of carboxylic acids is 2. The second-order valence-corrected chi connectivity index (χ2v) is 1.45. The second kappa shape index (κ2) is 12.4. The zero-order valence-corrected chi connectivity index (χ0v) is 6.00. The van der Waals surface area contributed by atoms with Crippen molar-refractivity contribution in [1.82, 2.24) is 0 Å². The predicted molar refractivity (Wildman–Crippen MR) is 40.2 cm³/mol. The molecule has 1 atom stereocenters. The van der Waals surface area contributed by atoms with Crippen LogP contribution in [0.4, 0.5) is 0 Å². The average Bonchev–Trinajstić information content (AvgIpc) is 1.63. The molecule has 0 aliphatic rings. The van der Waals surface area contributed by atoms with E-state index < -0.39 is 24.5 Å². The van der Waals surface area contributed by atoms with E-state index in [9.17, 15) is 9.59 Å². The summed E-state index contributed by atoms with van der Waals surface area (Å²) in [5, 5.41) is 24.1. The van der Waals surface area contributed by atoms with Crippen LogP contribution in [-0.4, -0.2) is 92.5 Å². The Balaban J connectivity index is -0.000000107. The van der Waals surface area contributed by atoms with Gasteiger partial charge in [-0.25, -0.2) is 4.79 Å². The number of aliphatic hydroxyl groups excluding tert-OH is 1. The van der Waals surface area contributed by atoms with Crippen LogP contribution in [0, 0.1) is 0 Å². The molecule has 1 unspecified atom stereocenters. The van der Waals surface area contributed by atoms with Crippen LogP contribution in [0.15, 0.2) is 0 Å². The van der Waals surface area contributed by atoms with Gasteiger partial charge in [0, 0.05) is 17.1 Å². The summed E-state index contributed by atoms with van der Waals surface area (Å²) in [6.45, 7) is 0. The number of hydrogen-bond donors (Lipinski definition) is 3. The first kappa shape index (κ1) is 23.3. The van der Waals surface area contributed by atoms with Crippen LogP contribution in [0.2, 0.25) is 0 Å². The first-order valence-electron chi connectivity index (χ1n) is 2.16. The van der Waals surface area contributed by atoms with Gasteiger partial charge in [-0.2, -0.15) is 0 Å². The molecule has 0 rings (SSSR count). The fourth-order valence-electron chi connectivity index (χ4n) is 0.253. The molecule has 0 saturated carbocycles. The fraction of sp³-hybridized carbons (Fsp3) is 0.500. The standard InChI is InChI=1S/C4H6O5.Mn.2Na.2H/c5-2(4(8)9)1-3(6)7;;;;;/h2,5H,1H2,(H,6,7)(H,8,9);;;;;. The van der Waals surface area contributed by atoms with Crippen molar-refractivity contribution in [2.24, 2.45) is 0 Å². The summed E-state index contributed by atoms with van der Waals surface area (Å²) in [6.07, 6.45) is -2.54. The quantitative estimate of drug-likeness (QED) is 0.476. The van der Waals surface area contributed by atoms with Crippen LogP contribution in [0.3, 0.4) is 0 Å². The number of carbonyl (C=O) groups is 2. The van der Waals surface area contributed by atoms with Gasteiger partial charge in [-0.1, -0.05) is 0 Å². The summed E-state index contributed by atoms with van der Waals surface area (Å²) in [5.41, 5.74) is 0. The molecule has 0 spiro atoms. The van der Waals surface area contributed by atoms with Gasteiger partial charge in [-0.3, -0.25) is 4.79 Å². The van der Waals surface area contributed by atoms with Gasteiger partial charge in [0.2, 0.25) is 0 Å². The van der Waals surface area contributed by atoms with Gasteiger partial charge in [0.25, 0.3) is 0 Å². The van der Waals surface area contributed by atoms with Crippen LogP contribution in [0.5, 0.6) is 0 Å². The van der Waals surface area contributed by atoms with E-state index in [0.29, 0.717) is 0 Å². The van der Waals surface area contributed by atoms with Crippen molar-refractivity contribution in [1.29, 1.82) is 0 Å². The summed E-state index contributed by atoms with van der Waals surface area (Å²) in [4.78, 5) is 19.4. The second-order valence-electron chi connectivity index (χ2n) is 1.45. The molecule has 0 aromatic carbocycles. The van der Waals surface area contributed by atoms with E-state index in [0.717, 1.165) is 0 Å². The minimum atomic E-state index is -1.79. The molecule has 0 aliphatic carbocycles. The van der Waals surface area contributed by atoms with Crippen LogP contribution >= 0.6 is 0 Å². The van der Waals surface area contributed by atoms with Crippen molar-refractivity contribution in [3.8, 4) is 0 Å². The normalized spacial score (nSPS) is 9.42. The number of rotatable bonds is 3. The zero-order chi connectivity index (χ0) is 7.44.